The molecule has 1 aromatic rings. The third kappa shape index (κ3) is 5.83. The minimum Gasteiger partial charge on any atom is -0.379 e. The monoisotopic (exact) mass is 271 g/mol. The summed E-state index contributed by atoms with van der Waals surface area (Å²) in [6.07, 6.45) is 0.0177. The molecule has 102 valence electrons. The number of rotatable bonds is 9. The second kappa shape index (κ2) is 9.34. The third-order valence-electron chi connectivity index (χ3n) is 2.55. The number of likely N-dealkylation sites (N-methyl/N-ethyl adjacent to an activating group) is 1. The normalized spacial score (nSPS) is 12.6. The molecular formula is C14H22ClNO2. The molecule has 1 unspecified atom stereocenters. The molecule has 1 N–H and O–H groups in total. The molecule has 0 fully saturated rings. The van der Waals surface area contributed by atoms with Gasteiger partial charge in [0.25, 0.3) is 0 Å². The summed E-state index contributed by atoms with van der Waals surface area (Å²) in [5.41, 5.74) is 1.10. The summed E-state index contributed by atoms with van der Waals surface area (Å²) in [7, 11) is 0. The quantitative estimate of drug-likeness (QED) is 0.701. The highest BCUT2D eigenvalue weighted by Crippen LogP contribution is 2.20. The molecule has 0 spiro atoms. The van der Waals surface area contributed by atoms with Crippen molar-refractivity contribution >= 4 is 11.6 Å². The second-order valence-electron chi connectivity index (χ2n) is 3.92. The van der Waals surface area contributed by atoms with Crippen LogP contribution in [0.15, 0.2) is 24.3 Å². The minimum atomic E-state index is 0.0177. The lowest BCUT2D eigenvalue weighted by molar-refractivity contribution is 0.00708. The molecule has 0 aliphatic carbocycles. The number of ether oxygens (including phenoxy) is 2. The van der Waals surface area contributed by atoms with E-state index < -0.39 is 0 Å². The summed E-state index contributed by atoms with van der Waals surface area (Å²) in [5, 5.41) is 4.04. The maximum Gasteiger partial charge on any atom is 0.0950 e. The Labute approximate surface area is 114 Å². The van der Waals surface area contributed by atoms with E-state index in [1.807, 2.05) is 31.2 Å². The van der Waals surface area contributed by atoms with Crippen molar-refractivity contribution in [1.29, 1.82) is 0 Å². The molecule has 0 saturated carbocycles. The molecule has 0 aliphatic rings. The van der Waals surface area contributed by atoms with Crippen LogP contribution in [0.4, 0.5) is 0 Å². The lowest BCUT2D eigenvalue weighted by Crippen LogP contribution is -2.24. The molecule has 0 radical (unpaired) electrons. The van der Waals surface area contributed by atoms with Crippen LogP contribution in [0, 0.1) is 0 Å². The number of benzene rings is 1. The fourth-order valence-electron chi connectivity index (χ4n) is 1.65. The molecule has 18 heavy (non-hydrogen) atoms. The predicted octanol–water partition coefficient (Wildman–Crippen LogP) is 3.04. The smallest absolute Gasteiger partial charge is 0.0950 e. The van der Waals surface area contributed by atoms with Crippen molar-refractivity contribution in [3.05, 3.63) is 34.9 Å². The zero-order chi connectivity index (χ0) is 13.2. The average Bonchev–Trinajstić information content (AvgIpc) is 2.38. The Morgan fingerprint density at radius 1 is 1.28 bits per heavy atom. The van der Waals surface area contributed by atoms with Crippen LogP contribution in [0.5, 0.6) is 0 Å². The topological polar surface area (TPSA) is 30.5 Å². The van der Waals surface area contributed by atoms with Crippen LogP contribution in [-0.2, 0) is 9.47 Å². The largest absolute Gasteiger partial charge is 0.379 e. The van der Waals surface area contributed by atoms with E-state index in [-0.39, 0.29) is 6.10 Å². The van der Waals surface area contributed by atoms with E-state index in [1.54, 1.807) is 0 Å². The summed E-state index contributed by atoms with van der Waals surface area (Å²) in [6.45, 7) is 7.70. The standard InChI is InChI=1S/C14H22ClNO2/c1-3-16-11-14(18-9-8-17-4-2)12-6-5-7-13(15)10-12/h5-7,10,14,16H,3-4,8-9,11H2,1-2H3. The molecule has 0 saturated heterocycles. The molecule has 1 atom stereocenters. The van der Waals surface area contributed by atoms with Gasteiger partial charge in [0.15, 0.2) is 0 Å². The molecule has 1 rings (SSSR count). The van der Waals surface area contributed by atoms with Crippen molar-refractivity contribution in [2.75, 3.05) is 32.9 Å². The van der Waals surface area contributed by atoms with Crippen LogP contribution in [0.25, 0.3) is 0 Å². The van der Waals surface area contributed by atoms with Crippen molar-refractivity contribution < 1.29 is 9.47 Å². The van der Waals surface area contributed by atoms with Gasteiger partial charge in [0, 0.05) is 18.2 Å². The maximum absolute atomic E-state index is 6.01. The van der Waals surface area contributed by atoms with Gasteiger partial charge in [-0.15, -0.1) is 0 Å². The summed E-state index contributed by atoms with van der Waals surface area (Å²) in [5.74, 6) is 0. The Hall–Kier alpha value is -0.610. The van der Waals surface area contributed by atoms with Gasteiger partial charge in [-0.2, -0.15) is 0 Å². The predicted molar refractivity (Wildman–Crippen MR) is 75.2 cm³/mol. The first kappa shape index (κ1) is 15.4. The lowest BCUT2D eigenvalue weighted by Gasteiger charge is -2.19. The molecule has 1 aromatic carbocycles. The molecule has 0 amide bonds. The van der Waals surface area contributed by atoms with E-state index in [1.165, 1.54) is 0 Å². The summed E-state index contributed by atoms with van der Waals surface area (Å²) >= 11 is 6.01. The van der Waals surface area contributed by atoms with Gasteiger partial charge in [-0.1, -0.05) is 30.7 Å². The van der Waals surface area contributed by atoms with Crippen LogP contribution < -0.4 is 5.32 Å². The van der Waals surface area contributed by atoms with E-state index in [2.05, 4.69) is 12.2 Å². The Morgan fingerprint density at radius 2 is 2.11 bits per heavy atom. The highest BCUT2D eigenvalue weighted by molar-refractivity contribution is 6.30. The number of hydrogen-bond acceptors (Lipinski definition) is 3. The van der Waals surface area contributed by atoms with Crippen molar-refractivity contribution in [2.45, 2.75) is 20.0 Å². The van der Waals surface area contributed by atoms with Crippen LogP contribution in [0.1, 0.15) is 25.5 Å². The summed E-state index contributed by atoms with van der Waals surface area (Å²) in [6, 6.07) is 7.80. The zero-order valence-corrected chi connectivity index (χ0v) is 11.9. The highest BCUT2D eigenvalue weighted by Gasteiger charge is 2.11. The number of halogens is 1. The fraction of sp³-hybridized carbons (Fsp3) is 0.571. The third-order valence-corrected chi connectivity index (χ3v) is 2.79. The Kier molecular flexibility index (Phi) is 8.01. The Morgan fingerprint density at radius 3 is 2.78 bits per heavy atom. The molecule has 0 heterocycles. The maximum atomic E-state index is 6.01. The minimum absolute atomic E-state index is 0.0177. The fourth-order valence-corrected chi connectivity index (χ4v) is 1.85. The Bertz CT molecular complexity index is 333. The molecule has 0 aromatic heterocycles. The van der Waals surface area contributed by atoms with Gasteiger partial charge >= 0.3 is 0 Å². The molecule has 3 nitrogen and oxygen atoms in total. The van der Waals surface area contributed by atoms with Gasteiger partial charge in [-0.3, -0.25) is 0 Å². The second-order valence-corrected chi connectivity index (χ2v) is 4.36. The van der Waals surface area contributed by atoms with Gasteiger partial charge in [0.05, 0.1) is 19.3 Å². The van der Waals surface area contributed by atoms with Crippen molar-refractivity contribution in [3.8, 4) is 0 Å². The first-order valence-electron chi connectivity index (χ1n) is 6.43. The van der Waals surface area contributed by atoms with Crippen LogP contribution in [0.2, 0.25) is 5.02 Å². The average molecular weight is 272 g/mol. The van der Waals surface area contributed by atoms with E-state index in [0.29, 0.717) is 13.2 Å². The van der Waals surface area contributed by atoms with Crippen molar-refractivity contribution in [2.24, 2.45) is 0 Å². The zero-order valence-electron chi connectivity index (χ0n) is 11.1. The lowest BCUT2D eigenvalue weighted by atomic mass is 10.1. The van der Waals surface area contributed by atoms with E-state index in [4.69, 9.17) is 21.1 Å². The van der Waals surface area contributed by atoms with E-state index in [9.17, 15) is 0 Å². The van der Waals surface area contributed by atoms with Gasteiger partial charge in [0.1, 0.15) is 0 Å². The summed E-state index contributed by atoms with van der Waals surface area (Å²) in [4.78, 5) is 0. The highest BCUT2D eigenvalue weighted by atomic mass is 35.5. The SMILES string of the molecule is CCNCC(OCCOCC)c1cccc(Cl)c1. The van der Waals surface area contributed by atoms with Gasteiger partial charge < -0.3 is 14.8 Å². The van der Waals surface area contributed by atoms with E-state index in [0.717, 1.165) is 30.3 Å². The van der Waals surface area contributed by atoms with E-state index >= 15 is 0 Å². The Balaban J connectivity index is 2.54. The number of nitrogens with one attached hydrogen (secondary N) is 1. The number of hydrogen-bond donors (Lipinski definition) is 1. The molecular weight excluding hydrogens is 250 g/mol. The van der Waals surface area contributed by atoms with Gasteiger partial charge in [-0.05, 0) is 31.2 Å². The molecule has 0 aliphatic heterocycles. The van der Waals surface area contributed by atoms with Gasteiger partial charge in [-0.25, -0.2) is 0 Å². The molecule has 0 bridgehead atoms. The van der Waals surface area contributed by atoms with Crippen LogP contribution in [0.3, 0.4) is 0 Å². The summed E-state index contributed by atoms with van der Waals surface area (Å²) < 4.78 is 11.1. The van der Waals surface area contributed by atoms with Crippen LogP contribution >= 0.6 is 11.6 Å². The van der Waals surface area contributed by atoms with Gasteiger partial charge in [0.2, 0.25) is 0 Å². The molecule has 4 heteroatoms. The van der Waals surface area contributed by atoms with Crippen LogP contribution in [-0.4, -0.2) is 32.9 Å². The first-order valence-corrected chi connectivity index (χ1v) is 6.81. The first-order chi connectivity index (χ1) is 8.77. The van der Waals surface area contributed by atoms with Crippen molar-refractivity contribution in [3.63, 3.8) is 0 Å². The van der Waals surface area contributed by atoms with Crippen molar-refractivity contribution in [1.82, 2.24) is 5.32 Å².